The first-order valence-corrected chi connectivity index (χ1v) is 5.95. The summed E-state index contributed by atoms with van der Waals surface area (Å²) in [5.41, 5.74) is 0.0577. The van der Waals surface area contributed by atoms with E-state index >= 15 is 0 Å². The highest BCUT2D eigenvalue weighted by molar-refractivity contribution is 6.17. The van der Waals surface area contributed by atoms with Crippen molar-refractivity contribution in [2.75, 3.05) is 25.6 Å². The van der Waals surface area contributed by atoms with Crippen LogP contribution in [0.15, 0.2) is 0 Å². The molecule has 0 unspecified atom stereocenters. The molecule has 0 atom stereocenters. The molecule has 0 aromatic carbocycles. The van der Waals surface area contributed by atoms with E-state index in [0.717, 1.165) is 12.8 Å². The Kier molecular flexibility index (Phi) is 7.79. The molecule has 0 heterocycles. The van der Waals surface area contributed by atoms with Gasteiger partial charge in [0.25, 0.3) is 0 Å². The van der Waals surface area contributed by atoms with Crippen molar-refractivity contribution >= 4 is 17.5 Å². The van der Waals surface area contributed by atoms with Crippen LogP contribution < -0.4 is 5.32 Å². The number of nitrogens with one attached hydrogen (secondary N) is 1. The van der Waals surface area contributed by atoms with Gasteiger partial charge in [-0.2, -0.15) is 0 Å². The van der Waals surface area contributed by atoms with Gasteiger partial charge in [-0.3, -0.25) is 4.79 Å². The summed E-state index contributed by atoms with van der Waals surface area (Å²) in [4.78, 5) is 11.3. The normalized spacial score (nSPS) is 11.5. The summed E-state index contributed by atoms with van der Waals surface area (Å²) in [5, 5.41) is 2.84. The maximum atomic E-state index is 11.3. The third kappa shape index (κ3) is 8.70. The summed E-state index contributed by atoms with van der Waals surface area (Å²) in [6.45, 7) is 7.63. The van der Waals surface area contributed by atoms with Gasteiger partial charge in [-0.25, -0.2) is 0 Å². The van der Waals surface area contributed by atoms with Crippen LogP contribution in [0.3, 0.4) is 0 Å². The van der Waals surface area contributed by atoms with Gasteiger partial charge >= 0.3 is 0 Å². The molecule has 4 heteroatoms. The summed E-state index contributed by atoms with van der Waals surface area (Å²) >= 11 is 5.67. The zero-order valence-electron chi connectivity index (χ0n) is 9.94. The zero-order chi connectivity index (χ0) is 11.7. The first kappa shape index (κ1) is 14.7. The summed E-state index contributed by atoms with van der Waals surface area (Å²) in [6.07, 6.45) is 1.83. The van der Waals surface area contributed by atoms with E-state index in [1.165, 1.54) is 0 Å². The van der Waals surface area contributed by atoms with Crippen LogP contribution in [0.5, 0.6) is 0 Å². The van der Waals surface area contributed by atoms with Crippen LogP contribution in [0.4, 0.5) is 0 Å². The minimum atomic E-state index is -0.0499. The Balaban J connectivity index is 3.60. The Labute approximate surface area is 97.5 Å². The van der Waals surface area contributed by atoms with Crippen molar-refractivity contribution in [3.63, 3.8) is 0 Å². The van der Waals surface area contributed by atoms with Crippen LogP contribution in [0.2, 0.25) is 0 Å². The lowest BCUT2D eigenvalue weighted by molar-refractivity contribution is -0.126. The van der Waals surface area contributed by atoms with Crippen LogP contribution in [0, 0.1) is 5.41 Å². The highest BCUT2D eigenvalue weighted by Gasteiger charge is 2.17. The molecule has 15 heavy (non-hydrogen) atoms. The summed E-state index contributed by atoms with van der Waals surface area (Å²) in [5.74, 6) is 0.570. The van der Waals surface area contributed by atoms with Crippen LogP contribution in [-0.2, 0) is 9.53 Å². The first-order valence-electron chi connectivity index (χ1n) is 5.42. The molecule has 0 fully saturated rings. The number of carbonyl (C=O) groups excluding carboxylic acids is 1. The molecular weight excluding hydrogens is 214 g/mol. The second-order valence-electron chi connectivity index (χ2n) is 4.43. The molecule has 0 rings (SSSR count). The lowest BCUT2D eigenvalue weighted by Gasteiger charge is -2.23. The molecular formula is C11H22ClNO2. The fourth-order valence-electron chi connectivity index (χ4n) is 1.04. The van der Waals surface area contributed by atoms with E-state index in [-0.39, 0.29) is 17.9 Å². The van der Waals surface area contributed by atoms with Gasteiger partial charge in [0.1, 0.15) is 6.61 Å². The van der Waals surface area contributed by atoms with Crippen LogP contribution in [0.1, 0.15) is 33.6 Å². The molecule has 0 radical (unpaired) electrons. The van der Waals surface area contributed by atoms with E-state index in [0.29, 0.717) is 19.0 Å². The predicted molar refractivity (Wildman–Crippen MR) is 63.2 cm³/mol. The number of rotatable bonds is 8. The smallest absolute Gasteiger partial charge is 0.246 e. The van der Waals surface area contributed by atoms with E-state index in [1.54, 1.807) is 0 Å². The molecule has 1 amide bonds. The first-order chi connectivity index (χ1) is 7.02. The topological polar surface area (TPSA) is 38.3 Å². The Bertz CT molecular complexity index is 183. The van der Waals surface area contributed by atoms with Gasteiger partial charge in [0.05, 0.1) is 0 Å². The lowest BCUT2D eigenvalue weighted by Crippen LogP contribution is -2.36. The van der Waals surface area contributed by atoms with Gasteiger partial charge in [0, 0.05) is 19.0 Å². The van der Waals surface area contributed by atoms with Crippen molar-refractivity contribution in [1.29, 1.82) is 0 Å². The highest BCUT2D eigenvalue weighted by Crippen LogP contribution is 2.19. The molecule has 3 nitrogen and oxygen atoms in total. The van der Waals surface area contributed by atoms with Gasteiger partial charge in [0.2, 0.25) is 5.91 Å². The predicted octanol–water partition coefficient (Wildman–Crippen LogP) is 2.18. The van der Waals surface area contributed by atoms with Crippen LogP contribution >= 0.6 is 11.6 Å². The molecule has 0 saturated carbocycles. The van der Waals surface area contributed by atoms with Crippen molar-refractivity contribution in [3.05, 3.63) is 0 Å². The average molecular weight is 236 g/mol. The third-order valence-corrected chi connectivity index (χ3v) is 2.31. The van der Waals surface area contributed by atoms with Gasteiger partial charge in [-0.1, -0.05) is 20.8 Å². The van der Waals surface area contributed by atoms with Crippen molar-refractivity contribution in [1.82, 2.24) is 5.32 Å². The summed E-state index contributed by atoms with van der Waals surface area (Å²) < 4.78 is 5.13. The van der Waals surface area contributed by atoms with Gasteiger partial charge < -0.3 is 10.1 Å². The molecule has 0 aliphatic carbocycles. The van der Waals surface area contributed by atoms with Crippen molar-refractivity contribution in [2.45, 2.75) is 33.6 Å². The molecule has 1 N–H and O–H groups in total. The number of amides is 1. The standard InChI is InChI=1S/C11H22ClNO2/c1-4-7-15-8-10(14)13-9-11(2,3)5-6-12/h4-9H2,1-3H3,(H,13,14). The second-order valence-corrected chi connectivity index (χ2v) is 4.81. The fraction of sp³-hybridized carbons (Fsp3) is 0.909. The Hall–Kier alpha value is -0.280. The molecule has 0 aromatic rings. The largest absolute Gasteiger partial charge is 0.372 e. The SMILES string of the molecule is CCCOCC(=O)NCC(C)(C)CCCl. The number of ether oxygens (including phenoxy) is 1. The number of hydrogen-bond acceptors (Lipinski definition) is 2. The van der Waals surface area contributed by atoms with Crippen LogP contribution in [0.25, 0.3) is 0 Å². The van der Waals surface area contributed by atoms with Crippen molar-refractivity contribution in [3.8, 4) is 0 Å². The molecule has 0 aliphatic heterocycles. The second kappa shape index (κ2) is 7.94. The third-order valence-electron chi connectivity index (χ3n) is 2.12. The van der Waals surface area contributed by atoms with Gasteiger partial charge in [-0.15, -0.1) is 11.6 Å². The van der Waals surface area contributed by atoms with E-state index in [4.69, 9.17) is 16.3 Å². The lowest BCUT2D eigenvalue weighted by atomic mass is 9.90. The highest BCUT2D eigenvalue weighted by atomic mass is 35.5. The zero-order valence-corrected chi connectivity index (χ0v) is 10.7. The summed E-state index contributed by atoms with van der Waals surface area (Å²) in [6, 6.07) is 0. The Morgan fingerprint density at radius 2 is 2.13 bits per heavy atom. The van der Waals surface area contributed by atoms with Gasteiger partial charge in [0.15, 0.2) is 0 Å². The fourth-order valence-corrected chi connectivity index (χ4v) is 1.55. The molecule has 0 aliphatic rings. The van der Waals surface area contributed by atoms with Gasteiger partial charge in [-0.05, 0) is 18.3 Å². The Morgan fingerprint density at radius 3 is 2.67 bits per heavy atom. The number of carbonyl (C=O) groups is 1. The Morgan fingerprint density at radius 1 is 1.47 bits per heavy atom. The molecule has 90 valence electrons. The quantitative estimate of drug-likeness (QED) is 0.517. The number of alkyl halides is 1. The summed E-state index contributed by atoms with van der Waals surface area (Å²) in [7, 11) is 0. The van der Waals surface area contributed by atoms with Crippen LogP contribution in [-0.4, -0.2) is 31.5 Å². The minimum Gasteiger partial charge on any atom is -0.372 e. The van der Waals surface area contributed by atoms with Crippen molar-refractivity contribution in [2.24, 2.45) is 5.41 Å². The minimum absolute atomic E-state index is 0.0499. The molecule has 0 saturated heterocycles. The van der Waals surface area contributed by atoms with E-state index in [9.17, 15) is 4.79 Å². The van der Waals surface area contributed by atoms with E-state index in [2.05, 4.69) is 19.2 Å². The average Bonchev–Trinajstić information content (AvgIpc) is 2.15. The monoisotopic (exact) mass is 235 g/mol. The number of halogens is 1. The van der Waals surface area contributed by atoms with Crippen molar-refractivity contribution < 1.29 is 9.53 Å². The molecule has 0 aromatic heterocycles. The molecule has 0 bridgehead atoms. The maximum absolute atomic E-state index is 11.3. The number of hydrogen-bond donors (Lipinski definition) is 1. The van der Waals surface area contributed by atoms with E-state index in [1.807, 2.05) is 6.92 Å². The maximum Gasteiger partial charge on any atom is 0.246 e. The van der Waals surface area contributed by atoms with E-state index < -0.39 is 0 Å². The molecule has 0 spiro atoms.